The number of hydroxylamine groups is 1. The first-order valence-corrected chi connectivity index (χ1v) is 8.27. The second-order valence-corrected chi connectivity index (χ2v) is 6.78. The van der Waals surface area contributed by atoms with Crippen LogP contribution in [0, 0.1) is 5.92 Å². The molecule has 2 nitrogen and oxygen atoms in total. The quantitative estimate of drug-likeness (QED) is 0.304. The van der Waals surface area contributed by atoms with Gasteiger partial charge in [0.05, 0.1) is 6.61 Å². The third-order valence-corrected chi connectivity index (χ3v) is 4.13. The van der Waals surface area contributed by atoms with Gasteiger partial charge in [-0.3, -0.25) is 0 Å². The first kappa shape index (κ1) is 19.1. The lowest BCUT2D eigenvalue weighted by Gasteiger charge is -2.30. The van der Waals surface area contributed by atoms with Crippen molar-refractivity contribution in [2.24, 2.45) is 5.92 Å². The lowest BCUT2D eigenvalue weighted by Crippen LogP contribution is -2.31. The molecular formula is C14H34B3NO. The Morgan fingerprint density at radius 3 is 2.47 bits per heavy atom. The summed E-state index contributed by atoms with van der Waals surface area (Å²) >= 11 is 0. The Kier molecular flexibility index (Phi) is 10.9. The minimum absolute atomic E-state index is 0.349. The summed E-state index contributed by atoms with van der Waals surface area (Å²) in [6.07, 6.45) is 7.79. The van der Waals surface area contributed by atoms with Crippen LogP contribution < -0.4 is 0 Å². The average Bonchev–Trinajstić information content (AvgIpc) is 2.36. The van der Waals surface area contributed by atoms with E-state index in [-0.39, 0.29) is 0 Å². The van der Waals surface area contributed by atoms with Gasteiger partial charge >= 0.3 is 0 Å². The molecule has 0 fully saturated rings. The molecule has 0 aromatic carbocycles. The number of hydrogen-bond donors (Lipinski definition) is 0. The van der Waals surface area contributed by atoms with Crippen LogP contribution >= 0.6 is 0 Å². The predicted molar refractivity (Wildman–Crippen MR) is 93.7 cm³/mol. The van der Waals surface area contributed by atoms with E-state index in [1.165, 1.54) is 45.8 Å². The molecule has 0 radical (unpaired) electrons. The van der Waals surface area contributed by atoms with E-state index in [0.717, 1.165) is 19.1 Å². The second kappa shape index (κ2) is 10.8. The summed E-state index contributed by atoms with van der Waals surface area (Å²) in [5.41, 5.74) is 0. The number of hydrogen-bond acceptors (Lipinski definition) is 2. The Labute approximate surface area is 124 Å². The van der Waals surface area contributed by atoms with Gasteiger partial charge in [-0.05, 0) is 18.8 Å². The standard InChI is InChI=1S/C14H34B3NO/c1-5-6-7-10-14(15,17-4)12-19-18(16)11-8-9-13(2)3/h13,17H,5-12,15-16H2,1-4H3. The van der Waals surface area contributed by atoms with Crippen LogP contribution in [0.4, 0.5) is 0 Å². The summed E-state index contributed by atoms with van der Waals surface area (Å²) in [5, 5.41) is 0.349. The van der Waals surface area contributed by atoms with E-state index in [4.69, 9.17) is 4.84 Å². The molecule has 0 saturated heterocycles. The van der Waals surface area contributed by atoms with Gasteiger partial charge in [-0.1, -0.05) is 58.5 Å². The summed E-state index contributed by atoms with van der Waals surface area (Å²) in [7, 11) is 5.64. The number of unbranched alkanes of at least 4 members (excludes halogenated alkanes) is 2. The van der Waals surface area contributed by atoms with E-state index >= 15 is 0 Å². The highest BCUT2D eigenvalue weighted by Gasteiger charge is 2.23. The van der Waals surface area contributed by atoms with Gasteiger partial charge in [0.1, 0.15) is 15.1 Å². The average molecular weight is 265 g/mol. The van der Waals surface area contributed by atoms with Crippen LogP contribution in [0.5, 0.6) is 0 Å². The van der Waals surface area contributed by atoms with Crippen LogP contribution in [0.15, 0.2) is 0 Å². The maximum atomic E-state index is 5.94. The fourth-order valence-corrected chi connectivity index (χ4v) is 2.21. The maximum Gasteiger partial charge on any atom is 0.221 e. The second-order valence-electron chi connectivity index (χ2n) is 6.78. The molecule has 0 N–H and O–H groups in total. The van der Waals surface area contributed by atoms with Gasteiger partial charge < -0.3 is 4.84 Å². The molecule has 19 heavy (non-hydrogen) atoms. The molecule has 0 rings (SSSR count). The molecule has 0 aromatic rings. The Bertz CT molecular complexity index is 217. The molecule has 0 bridgehead atoms. The minimum atomic E-state index is 0.349. The first-order chi connectivity index (χ1) is 8.93. The van der Waals surface area contributed by atoms with Gasteiger partial charge in [-0.25, -0.2) is 4.97 Å². The van der Waals surface area contributed by atoms with Gasteiger partial charge in [-0.2, -0.15) is 0 Å². The summed E-state index contributed by atoms with van der Waals surface area (Å²) in [6, 6.07) is 0. The van der Waals surface area contributed by atoms with Crippen molar-refractivity contribution in [3.05, 3.63) is 0 Å². The fraction of sp³-hybridized carbons (Fsp3) is 1.00. The maximum absolute atomic E-state index is 5.94. The van der Waals surface area contributed by atoms with Crippen LogP contribution in [0.1, 0.15) is 59.3 Å². The molecule has 0 aromatic heterocycles. The molecule has 1 atom stereocenters. The SMILES string of the molecule is BN(CCCC(C)C)OCC(B)(BC)CCCCC. The van der Waals surface area contributed by atoms with Crippen LogP contribution in [-0.2, 0) is 4.84 Å². The van der Waals surface area contributed by atoms with Crippen LogP contribution in [0.2, 0.25) is 12.0 Å². The van der Waals surface area contributed by atoms with Crippen molar-refractivity contribution in [2.45, 2.75) is 71.3 Å². The number of nitrogens with zero attached hydrogens (tertiary/aromatic N) is 1. The zero-order valence-electron chi connectivity index (χ0n) is 14.3. The van der Waals surface area contributed by atoms with E-state index in [1.54, 1.807) is 0 Å². The van der Waals surface area contributed by atoms with Crippen molar-refractivity contribution < 1.29 is 4.84 Å². The van der Waals surface area contributed by atoms with E-state index < -0.39 is 0 Å². The third-order valence-electron chi connectivity index (χ3n) is 4.13. The first-order valence-electron chi connectivity index (χ1n) is 8.27. The lowest BCUT2D eigenvalue weighted by atomic mass is 9.42. The topological polar surface area (TPSA) is 12.5 Å². The van der Waals surface area contributed by atoms with Gasteiger partial charge in [0, 0.05) is 6.54 Å². The van der Waals surface area contributed by atoms with E-state index in [1.807, 2.05) is 4.97 Å². The molecule has 5 heteroatoms. The zero-order valence-corrected chi connectivity index (χ0v) is 14.3. The van der Waals surface area contributed by atoms with Gasteiger partial charge in [0.25, 0.3) is 0 Å². The molecule has 0 aliphatic rings. The Morgan fingerprint density at radius 1 is 1.26 bits per heavy atom. The molecule has 0 amide bonds. The highest BCUT2D eigenvalue weighted by atomic mass is 16.7. The summed E-state index contributed by atoms with van der Waals surface area (Å²) in [4.78, 5) is 7.98. The Balaban J connectivity index is 3.84. The lowest BCUT2D eigenvalue weighted by molar-refractivity contribution is -0.0906. The Morgan fingerprint density at radius 2 is 1.95 bits per heavy atom. The van der Waals surface area contributed by atoms with Gasteiger partial charge in [0.2, 0.25) is 7.98 Å². The van der Waals surface area contributed by atoms with Crippen molar-refractivity contribution in [3.8, 4) is 0 Å². The van der Waals surface area contributed by atoms with Crippen LogP contribution in [0.25, 0.3) is 0 Å². The smallest absolute Gasteiger partial charge is 0.221 e. The summed E-state index contributed by atoms with van der Waals surface area (Å²) < 4.78 is 0. The molecule has 1 unspecified atom stereocenters. The Hall–Kier alpha value is 0.115. The van der Waals surface area contributed by atoms with E-state index in [9.17, 15) is 0 Å². The molecule has 0 spiro atoms. The molecule has 0 aliphatic heterocycles. The number of rotatable bonds is 12. The fourth-order valence-electron chi connectivity index (χ4n) is 2.21. The molecular weight excluding hydrogens is 231 g/mol. The van der Waals surface area contributed by atoms with Crippen molar-refractivity contribution in [1.29, 1.82) is 0 Å². The summed E-state index contributed by atoms with van der Waals surface area (Å²) in [5.74, 6) is 0.795. The van der Waals surface area contributed by atoms with Crippen LogP contribution in [-0.4, -0.2) is 41.2 Å². The molecule has 0 saturated carbocycles. The van der Waals surface area contributed by atoms with E-state index in [2.05, 4.69) is 43.4 Å². The van der Waals surface area contributed by atoms with Crippen molar-refractivity contribution in [2.75, 3.05) is 13.2 Å². The van der Waals surface area contributed by atoms with E-state index in [0.29, 0.717) is 5.21 Å². The highest BCUT2D eigenvalue weighted by molar-refractivity contribution is 6.52. The van der Waals surface area contributed by atoms with Crippen LogP contribution in [0.3, 0.4) is 0 Å². The zero-order chi connectivity index (χ0) is 14.7. The highest BCUT2D eigenvalue weighted by Crippen LogP contribution is 2.28. The predicted octanol–water partition coefficient (Wildman–Crippen LogP) is 2.02. The normalized spacial score (nSPS) is 14.8. The van der Waals surface area contributed by atoms with Gasteiger partial charge in [-0.15, -0.1) is 0 Å². The molecule has 0 heterocycles. The monoisotopic (exact) mass is 265 g/mol. The van der Waals surface area contributed by atoms with Crippen molar-refractivity contribution >= 4 is 23.1 Å². The largest absolute Gasteiger partial charge is 0.312 e. The third kappa shape index (κ3) is 10.6. The molecule has 0 aliphatic carbocycles. The van der Waals surface area contributed by atoms with Gasteiger partial charge in [0.15, 0.2) is 0 Å². The molecule has 110 valence electrons. The minimum Gasteiger partial charge on any atom is -0.312 e. The summed E-state index contributed by atoms with van der Waals surface area (Å²) in [6.45, 7) is 11.0. The van der Waals surface area contributed by atoms with Crippen molar-refractivity contribution in [1.82, 2.24) is 4.97 Å². The van der Waals surface area contributed by atoms with Crippen molar-refractivity contribution in [3.63, 3.8) is 0 Å².